The van der Waals surface area contributed by atoms with Gasteiger partial charge in [0.1, 0.15) is 5.01 Å². The molecule has 128 valence electrons. The van der Waals surface area contributed by atoms with E-state index >= 15 is 0 Å². The Bertz CT molecular complexity index is 494. The number of rotatable bonds is 4. The molecule has 0 unspecified atom stereocenters. The number of thiazole rings is 1. The fourth-order valence-corrected chi connectivity index (χ4v) is 4.71. The summed E-state index contributed by atoms with van der Waals surface area (Å²) in [5.74, 6) is 0.921. The second-order valence-corrected chi connectivity index (χ2v) is 8.17. The highest BCUT2D eigenvalue weighted by atomic mass is 32.1. The van der Waals surface area contributed by atoms with Crippen molar-refractivity contribution in [3.8, 4) is 0 Å². The van der Waals surface area contributed by atoms with Gasteiger partial charge in [-0.2, -0.15) is 0 Å². The van der Waals surface area contributed by atoms with Gasteiger partial charge in [-0.15, -0.1) is 11.3 Å². The number of hydrogen-bond donors (Lipinski definition) is 0. The van der Waals surface area contributed by atoms with Crippen molar-refractivity contribution in [1.82, 2.24) is 14.8 Å². The van der Waals surface area contributed by atoms with Crippen molar-refractivity contribution >= 4 is 17.2 Å². The van der Waals surface area contributed by atoms with E-state index in [1.165, 1.54) is 19.3 Å². The monoisotopic (exact) mass is 335 g/mol. The van der Waals surface area contributed by atoms with E-state index in [0.29, 0.717) is 17.9 Å². The molecule has 0 spiro atoms. The Kier molecular flexibility index (Phi) is 5.70. The number of hydrogen-bond acceptors (Lipinski definition) is 4. The maximum absolute atomic E-state index is 12.9. The van der Waals surface area contributed by atoms with Crippen molar-refractivity contribution in [3.05, 3.63) is 16.6 Å². The molecule has 1 aromatic heterocycles. The SMILES string of the molecule is CC(C)N1CCC(CC(=O)N2CCCC[C@@H]2c2nccs2)CC1. The van der Waals surface area contributed by atoms with Gasteiger partial charge in [-0.05, 0) is 65.0 Å². The molecule has 0 aliphatic carbocycles. The van der Waals surface area contributed by atoms with Gasteiger partial charge >= 0.3 is 0 Å². The third-order valence-electron chi connectivity index (χ3n) is 5.40. The summed E-state index contributed by atoms with van der Waals surface area (Å²) in [7, 11) is 0. The molecular formula is C18H29N3OS. The fourth-order valence-electron chi connectivity index (χ4n) is 3.92. The minimum atomic E-state index is 0.229. The predicted molar refractivity (Wildman–Crippen MR) is 94.5 cm³/mol. The first-order valence-electron chi connectivity index (χ1n) is 9.08. The molecule has 2 fully saturated rings. The maximum atomic E-state index is 12.9. The fraction of sp³-hybridized carbons (Fsp3) is 0.778. The normalized spacial score (nSPS) is 24.3. The highest BCUT2D eigenvalue weighted by Crippen LogP contribution is 2.33. The van der Waals surface area contributed by atoms with Crippen molar-refractivity contribution in [1.29, 1.82) is 0 Å². The molecule has 1 aromatic rings. The Labute approximate surface area is 143 Å². The summed E-state index contributed by atoms with van der Waals surface area (Å²) in [5, 5.41) is 3.14. The van der Waals surface area contributed by atoms with Crippen LogP contribution in [0.1, 0.15) is 63.4 Å². The number of aromatic nitrogens is 1. The highest BCUT2D eigenvalue weighted by Gasteiger charge is 2.31. The number of amides is 1. The van der Waals surface area contributed by atoms with E-state index in [1.807, 2.05) is 11.6 Å². The Morgan fingerprint density at radius 1 is 1.26 bits per heavy atom. The minimum absolute atomic E-state index is 0.229. The first-order valence-corrected chi connectivity index (χ1v) is 9.96. The Balaban J connectivity index is 1.56. The van der Waals surface area contributed by atoms with E-state index < -0.39 is 0 Å². The summed E-state index contributed by atoms with van der Waals surface area (Å²) in [6.07, 6.45) is 8.34. The van der Waals surface area contributed by atoms with Crippen molar-refractivity contribution < 1.29 is 4.79 Å². The summed E-state index contributed by atoms with van der Waals surface area (Å²) in [5.41, 5.74) is 0. The molecule has 0 saturated carbocycles. The van der Waals surface area contributed by atoms with E-state index in [4.69, 9.17) is 0 Å². The molecule has 1 atom stereocenters. The van der Waals surface area contributed by atoms with Crippen LogP contribution in [-0.2, 0) is 4.79 Å². The lowest BCUT2D eigenvalue weighted by Crippen LogP contribution is -2.42. The first kappa shape index (κ1) is 16.9. The van der Waals surface area contributed by atoms with Crippen molar-refractivity contribution in [2.75, 3.05) is 19.6 Å². The molecule has 23 heavy (non-hydrogen) atoms. The van der Waals surface area contributed by atoms with Gasteiger partial charge in [0.15, 0.2) is 0 Å². The van der Waals surface area contributed by atoms with Gasteiger partial charge in [-0.25, -0.2) is 4.98 Å². The quantitative estimate of drug-likeness (QED) is 0.841. The summed E-state index contributed by atoms with van der Waals surface area (Å²) < 4.78 is 0. The average molecular weight is 336 g/mol. The van der Waals surface area contributed by atoms with Crippen LogP contribution in [0.4, 0.5) is 0 Å². The zero-order valence-electron chi connectivity index (χ0n) is 14.4. The average Bonchev–Trinajstić information content (AvgIpc) is 3.09. The lowest BCUT2D eigenvalue weighted by Gasteiger charge is -2.38. The Morgan fingerprint density at radius 2 is 2.04 bits per heavy atom. The smallest absolute Gasteiger partial charge is 0.223 e. The van der Waals surface area contributed by atoms with Crippen LogP contribution in [0.5, 0.6) is 0 Å². The molecule has 1 amide bonds. The third kappa shape index (κ3) is 4.13. The van der Waals surface area contributed by atoms with E-state index in [0.717, 1.165) is 43.9 Å². The number of carbonyl (C=O) groups is 1. The van der Waals surface area contributed by atoms with Gasteiger partial charge in [0.2, 0.25) is 5.91 Å². The van der Waals surface area contributed by atoms with Crippen LogP contribution in [0.15, 0.2) is 11.6 Å². The van der Waals surface area contributed by atoms with Gasteiger partial charge in [0, 0.05) is 30.6 Å². The zero-order chi connectivity index (χ0) is 16.2. The Hall–Kier alpha value is -0.940. The number of piperidine rings is 2. The van der Waals surface area contributed by atoms with Crippen LogP contribution < -0.4 is 0 Å². The van der Waals surface area contributed by atoms with E-state index in [1.54, 1.807) is 11.3 Å². The van der Waals surface area contributed by atoms with Crippen LogP contribution in [0.3, 0.4) is 0 Å². The van der Waals surface area contributed by atoms with Gasteiger partial charge in [-0.1, -0.05) is 0 Å². The number of nitrogens with zero attached hydrogens (tertiary/aromatic N) is 3. The summed E-state index contributed by atoms with van der Waals surface area (Å²) in [6, 6.07) is 0.857. The van der Waals surface area contributed by atoms with E-state index in [2.05, 4.69) is 28.6 Å². The van der Waals surface area contributed by atoms with Gasteiger partial charge in [0.25, 0.3) is 0 Å². The lowest BCUT2D eigenvalue weighted by atomic mass is 9.91. The molecular weight excluding hydrogens is 306 g/mol. The molecule has 0 radical (unpaired) electrons. The Morgan fingerprint density at radius 3 is 2.70 bits per heavy atom. The lowest BCUT2D eigenvalue weighted by molar-refractivity contribution is -0.136. The molecule has 2 saturated heterocycles. The van der Waals surface area contributed by atoms with Gasteiger partial charge in [-0.3, -0.25) is 4.79 Å². The van der Waals surface area contributed by atoms with E-state index in [9.17, 15) is 4.79 Å². The van der Waals surface area contributed by atoms with Crippen molar-refractivity contribution in [2.45, 2.75) is 64.5 Å². The van der Waals surface area contributed by atoms with Gasteiger partial charge in [0.05, 0.1) is 6.04 Å². The molecule has 3 heterocycles. The molecule has 2 aliphatic heterocycles. The zero-order valence-corrected chi connectivity index (χ0v) is 15.2. The van der Waals surface area contributed by atoms with Crippen LogP contribution in [0, 0.1) is 5.92 Å². The van der Waals surface area contributed by atoms with Crippen LogP contribution >= 0.6 is 11.3 Å². The molecule has 2 aliphatic rings. The predicted octanol–water partition coefficient (Wildman–Crippen LogP) is 3.71. The largest absolute Gasteiger partial charge is 0.333 e. The second-order valence-electron chi connectivity index (χ2n) is 7.25. The number of likely N-dealkylation sites (tertiary alicyclic amines) is 2. The molecule has 4 nitrogen and oxygen atoms in total. The molecule has 3 rings (SSSR count). The molecule has 0 N–H and O–H groups in total. The minimum Gasteiger partial charge on any atom is -0.333 e. The molecule has 0 bridgehead atoms. The van der Waals surface area contributed by atoms with Crippen molar-refractivity contribution in [3.63, 3.8) is 0 Å². The first-order chi connectivity index (χ1) is 11.1. The maximum Gasteiger partial charge on any atom is 0.223 e. The van der Waals surface area contributed by atoms with Gasteiger partial charge < -0.3 is 9.80 Å². The van der Waals surface area contributed by atoms with Crippen LogP contribution in [0.2, 0.25) is 0 Å². The summed E-state index contributed by atoms with van der Waals surface area (Å²) in [4.78, 5) is 22.0. The van der Waals surface area contributed by atoms with Crippen LogP contribution in [0.25, 0.3) is 0 Å². The van der Waals surface area contributed by atoms with Crippen LogP contribution in [-0.4, -0.2) is 46.4 Å². The third-order valence-corrected chi connectivity index (χ3v) is 6.28. The summed E-state index contributed by atoms with van der Waals surface area (Å²) >= 11 is 1.69. The standard InChI is InChI=1S/C18H29N3OS/c1-14(2)20-10-6-15(7-11-20)13-17(22)21-9-4-3-5-16(21)18-19-8-12-23-18/h8,12,14-16H,3-7,9-11,13H2,1-2H3/t16-/m1/s1. The van der Waals surface area contributed by atoms with Crippen molar-refractivity contribution in [2.24, 2.45) is 5.92 Å². The highest BCUT2D eigenvalue weighted by molar-refractivity contribution is 7.09. The molecule has 0 aromatic carbocycles. The van der Waals surface area contributed by atoms with E-state index in [-0.39, 0.29) is 6.04 Å². The number of carbonyl (C=O) groups excluding carboxylic acids is 1. The molecule has 5 heteroatoms. The topological polar surface area (TPSA) is 36.4 Å². The summed E-state index contributed by atoms with van der Waals surface area (Å²) in [6.45, 7) is 7.72. The second kappa shape index (κ2) is 7.75.